The van der Waals surface area contributed by atoms with Gasteiger partial charge in [-0.1, -0.05) is 30.3 Å². The molecule has 0 aliphatic heterocycles. The molecule has 0 saturated heterocycles. The van der Waals surface area contributed by atoms with E-state index in [1.165, 1.54) is 6.92 Å². The van der Waals surface area contributed by atoms with Crippen molar-refractivity contribution in [2.75, 3.05) is 6.61 Å². The van der Waals surface area contributed by atoms with Crippen LogP contribution in [0, 0.1) is 6.92 Å². The summed E-state index contributed by atoms with van der Waals surface area (Å²) in [6.45, 7) is 3.50. The number of nitrogens with zero attached hydrogens (tertiary/aromatic N) is 2. The minimum absolute atomic E-state index is 0.123. The van der Waals surface area contributed by atoms with E-state index in [9.17, 15) is 14.7 Å². The Hall–Kier alpha value is -2.63. The number of aromatic hydroxyl groups is 1. The van der Waals surface area contributed by atoms with Gasteiger partial charge in [0.05, 0.1) is 13.2 Å². The van der Waals surface area contributed by atoms with Gasteiger partial charge < -0.3 is 9.84 Å². The summed E-state index contributed by atoms with van der Waals surface area (Å²) in [5.41, 5.74) is 0.0290. The molecule has 0 unspecified atom stereocenters. The van der Waals surface area contributed by atoms with Crippen LogP contribution in [0.3, 0.4) is 0 Å². The van der Waals surface area contributed by atoms with Gasteiger partial charge in [-0.25, -0.2) is 9.48 Å². The fraction of sp³-hybridized carbons (Fsp3) is 0.267. The number of ether oxygens (including phenoxy) is 1. The van der Waals surface area contributed by atoms with E-state index in [1.54, 1.807) is 6.92 Å². The molecule has 1 heterocycles. The van der Waals surface area contributed by atoms with Gasteiger partial charge in [-0.2, -0.15) is 5.10 Å². The second kappa shape index (κ2) is 6.21. The van der Waals surface area contributed by atoms with Gasteiger partial charge in [0.2, 0.25) is 0 Å². The minimum Gasteiger partial charge on any atom is -0.505 e. The number of aryl methyl sites for hydroxylation is 1. The quantitative estimate of drug-likeness (QED) is 0.862. The molecule has 2 rings (SSSR count). The molecule has 0 atom stereocenters. The first kappa shape index (κ1) is 14.8. The van der Waals surface area contributed by atoms with E-state index in [0.717, 1.165) is 10.2 Å². The van der Waals surface area contributed by atoms with Crippen LogP contribution < -0.4 is 5.56 Å². The summed E-state index contributed by atoms with van der Waals surface area (Å²) in [6.07, 6.45) is 0. The predicted molar refractivity (Wildman–Crippen MR) is 76.4 cm³/mol. The summed E-state index contributed by atoms with van der Waals surface area (Å²) in [5.74, 6) is -1.27. The SMILES string of the molecule is CCOC(=O)c1c(O)c(C)nn(Cc2ccccc2)c1=O. The Morgan fingerprint density at radius 3 is 2.62 bits per heavy atom. The summed E-state index contributed by atoms with van der Waals surface area (Å²) in [7, 11) is 0. The Kier molecular flexibility index (Phi) is 4.37. The van der Waals surface area contributed by atoms with E-state index in [1.807, 2.05) is 30.3 Å². The van der Waals surface area contributed by atoms with Crippen molar-refractivity contribution in [1.29, 1.82) is 0 Å². The molecule has 0 saturated carbocycles. The summed E-state index contributed by atoms with van der Waals surface area (Å²) in [6, 6.07) is 9.26. The van der Waals surface area contributed by atoms with Crippen LogP contribution in [0.4, 0.5) is 0 Å². The molecule has 6 heteroatoms. The van der Waals surface area contributed by atoms with Gasteiger partial charge in [0, 0.05) is 0 Å². The third kappa shape index (κ3) is 3.10. The van der Waals surface area contributed by atoms with Crippen LogP contribution in [-0.2, 0) is 11.3 Å². The number of carbonyl (C=O) groups is 1. The number of benzene rings is 1. The van der Waals surface area contributed by atoms with Gasteiger partial charge in [-0.05, 0) is 19.4 Å². The lowest BCUT2D eigenvalue weighted by molar-refractivity contribution is 0.0519. The lowest BCUT2D eigenvalue weighted by Gasteiger charge is -2.10. The molecule has 1 aromatic carbocycles. The third-order valence-electron chi connectivity index (χ3n) is 2.95. The maximum absolute atomic E-state index is 12.3. The standard InChI is InChI=1S/C15H16N2O4/c1-3-21-15(20)12-13(18)10(2)16-17(14(12)19)9-11-7-5-4-6-8-11/h4-8,18H,3,9H2,1-2H3. The number of hydrogen-bond acceptors (Lipinski definition) is 5. The largest absolute Gasteiger partial charge is 0.505 e. The van der Waals surface area contributed by atoms with Crippen molar-refractivity contribution in [1.82, 2.24) is 9.78 Å². The van der Waals surface area contributed by atoms with E-state index in [4.69, 9.17) is 4.74 Å². The average molecular weight is 288 g/mol. The highest BCUT2D eigenvalue weighted by molar-refractivity contribution is 5.92. The van der Waals surface area contributed by atoms with Gasteiger partial charge in [0.25, 0.3) is 5.56 Å². The molecular formula is C15H16N2O4. The minimum atomic E-state index is -0.840. The van der Waals surface area contributed by atoms with E-state index >= 15 is 0 Å². The smallest absolute Gasteiger partial charge is 0.347 e. The number of rotatable bonds is 4. The van der Waals surface area contributed by atoms with Crippen molar-refractivity contribution in [3.05, 3.63) is 57.5 Å². The van der Waals surface area contributed by atoms with E-state index in [-0.39, 0.29) is 24.4 Å². The summed E-state index contributed by atoms with van der Waals surface area (Å²) >= 11 is 0. The monoisotopic (exact) mass is 288 g/mol. The first-order chi connectivity index (χ1) is 10.0. The molecule has 1 aromatic heterocycles. The highest BCUT2D eigenvalue weighted by atomic mass is 16.5. The zero-order valence-corrected chi connectivity index (χ0v) is 11.9. The van der Waals surface area contributed by atoms with Crippen molar-refractivity contribution in [3.63, 3.8) is 0 Å². The van der Waals surface area contributed by atoms with E-state index in [2.05, 4.69) is 5.10 Å². The fourth-order valence-electron chi connectivity index (χ4n) is 1.94. The number of hydrogen-bond donors (Lipinski definition) is 1. The third-order valence-corrected chi connectivity index (χ3v) is 2.95. The molecule has 1 N–H and O–H groups in total. The lowest BCUT2D eigenvalue weighted by atomic mass is 10.2. The zero-order chi connectivity index (χ0) is 15.4. The molecule has 0 amide bonds. The van der Waals surface area contributed by atoms with Crippen LogP contribution in [-0.4, -0.2) is 27.5 Å². The molecule has 0 bridgehead atoms. The van der Waals surface area contributed by atoms with Crippen molar-refractivity contribution >= 4 is 5.97 Å². The van der Waals surface area contributed by atoms with Gasteiger partial charge in [0.1, 0.15) is 5.69 Å². The van der Waals surface area contributed by atoms with Crippen molar-refractivity contribution in [2.24, 2.45) is 0 Å². The van der Waals surface area contributed by atoms with Crippen LogP contribution >= 0.6 is 0 Å². The number of carbonyl (C=O) groups excluding carboxylic acids is 1. The Balaban J connectivity index is 2.49. The molecule has 0 fully saturated rings. The first-order valence-electron chi connectivity index (χ1n) is 6.56. The number of aromatic nitrogens is 2. The molecule has 0 spiro atoms. The second-order valence-corrected chi connectivity index (χ2v) is 4.48. The van der Waals surface area contributed by atoms with Gasteiger partial charge in [0.15, 0.2) is 11.3 Å². The highest BCUT2D eigenvalue weighted by Crippen LogP contribution is 2.17. The molecule has 110 valence electrons. The summed E-state index contributed by atoms with van der Waals surface area (Å²) in [5, 5.41) is 13.9. The highest BCUT2D eigenvalue weighted by Gasteiger charge is 2.22. The predicted octanol–water partition coefficient (Wildman–Crippen LogP) is 1.48. The molecule has 0 radical (unpaired) electrons. The van der Waals surface area contributed by atoms with Crippen LogP contribution in [0.25, 0.3) is 0 Å². The maximum atomic E-state index is 12.3. The van der Waals surface area contributed by atoms with Crippen LogP contribution in [0.5, 0.6) is 5.75 Å². The Labute approximate surface area is 121 Å². The Morgan fingerprint density at radius 1 is 1.33 bits per heavy atom. The van der Waals surface area contributed by atoms with Gasteiger partial charge in [-0.15, -0.1) is 0 Å². The lowest BCUT2D eigenvalue weighted by Crippen LogP contribution is -2.30. The number of esters is 1. The molecular weight excluding hydrogens is 272 g/mol. The molecule has 2 aromatic rings. The zero-order valence-electron chi connectivity index (χ0n) is 11.9. The molecule has 6 nitrogen and oxygen atoms in total. The first-order valence-corrected chi connectivity index (χ1v) is 6.56. The Bertz CT molecular complexity index is 708. The van der Waals surface area contributed by atoms with Crippen molar-refractivity contribution in [3.8, 4) is 5.75 Å². The van der Waals surface area contributed by atoms with Crippen LogP contribution in [0.15, 0.2) is 35.1 Å². The molecule has 21 heavy (non-hydrogen) atoms. The normalized spacial score (nSPS) is 10.4. The van der Waals surface area contributed by atoms with E-state index < -0.39 is 17.3 Å². The molecule has 0 aliphatic carbocycles. The van der Waals surface area contributed by atoms with Crippen LogP contribution in [0.2, 0.25) is 0 Å². The van der Waals surface area contributed by atoms with Crippen molar-refractivity contribution in [2.45, 2.75) is 20.4 Å². The topological polar surface area (TPSA) is 81.4 Å². The fourth-order valence-corrected chi connectivity index (χ4v) is 1.94. The average Bonchev–Trinajstić information content (AvgIpc) is 2.46. The second-order valence-electron chi connectivity index (χ2n) is 4.48. The van der Waals surface area contributed by atoms with Crippen molar-refractivity contribution < 1.29 is 14.6 Å². The summed E-state index contributed by atoms with van der Waals surface area (Å²) in [4.78, 5) is 24.1. The maximum Gasteiger partial charge on any atom is 0.347 e. The van der Waals surface area contributed by atoms with Crippen LogP contribution in [0.1, 0.15) is 28.5 Å². The Morgan fingerprint density at radius 2 is 2.00 bits per heavy atom. The molecule has 0 aliphatic rings. The summed E-state index contributed by atoms with van der Waals surface area (Å²) < 4.78 is 5.96. The van der Waals surface area contributed by atoms with Gasteiger partial charge in [-0.3, -0.25) is 4.79 Å². The van der Waals surface area contributed by atoms with E-state index in [0.29, 0.717) is 0 Å². The van der Waals surface area contributed by atoms with Gasteiger partial charge >= 0.3 is 5.97 Å².